The number of carbonyl (C=O) groups is 2. The van der Waals surface area contributed by atoms with Crippen LogP contribution in [0.4, 0.5) is 15.8 Å². The van der Waals surface area contributed by atoms with Gasteiger partial charge in [0.15, 0.2) is 11.5 Å². The van der Waals surface area contributed by atoms with E-state index in [1.807, 2.05) is 18.2 Å². The number of rotatable bonds is 7. The average molecular weight is 584 g/mol. The van der Waals surface area contributed by atoms with Gasteiger partial charge in [-0.3, -0.25) is 19.5 Å². The highest BCUT2D eigenvalue weighted by molar-refractivity contribution is 6.07. The largest absolute Gasteiger partial charge is 0.490 e. The Labute approximate surface area is 249 Å². The number of nitrogens with one attached hydrogen (secondary N) is 2. The number of aromatic nitrogens is 1. The molecule has 2 aliphatic heterocycles. The Balaban J connectivity index is 1.11. The highest BCUT2D eigenvalue weighted by Gasteiger charge is 2.18. The van der Waals surface area contributed by atoms with Gasteiger partial charge in [-0.25, -0.2) is 4.39 Å². The molecule has 1 saturated heterocycles. The molecule has 2 amide bonds. The lowest BCUT2D eigenvalue weighted by Crippen LogP contribution is -2.45. The van der Waals surface area contributed by atoms with Crippen LogP contribution in [0.3, 0.4) is 0 Å². The Morgan fingerprint density at radius 3 is 2.35 bits per heavy atom. The molecule has 0 spiro atoms. The molecule has 6 rings (SSSR count). The van der Waals surface area contributed by atoms with Crippen molar-refractivity contribution in [2.75, 3.05) is 56.6 Å². The summed E-state index contributed by atoms with van der Waals surface area (Å²) in [6.45, 7) is 9.29. The summed E-state index contributed by atoms with van der Waals surface area (Å²) < 4.78 is 26.0. The molecule has 0 bridgehead atoms. The Hall–Kier alpha value is -4.54. The highest BCUT2D eigenvalue weighted by Crippen LogP contribution is 2.31. The number of pyridine rings is 1. The number of ether oxygens (including phenoxy) is 2. The molecular weight excluding hydrogens is 549 g/mol. The lowest BCUT2D eigenvalue weighted by Gasteiger charge is -2.33. The van der Waals surface area contributed by atoms with Gasteiger partial charge < -0.3 is 25.0 Å². The van der Waals surface area contributed by atoms with E-state index in [9.17, 15) is 14.0 Å². The van der Waals surface area contributed by atoms with Crippen LogP contribution in [0.1, 0.15) is 39.8 Å². The number of halogens is 1. The van der Waals surface area contributed by atoms with Gasteiger partial charge in [0.05, 0.1) is 30.1 Å². The molecule has 9 nitrogen and oxygen atoms in total. The first-order valence-corrected chi connectivity index (χ1v) is 14.6. The zero-order valence-corrected chi connectivity index (χ0v) is 24.1. The molecule has 222 valence electrons. The van der Waals surface area contributed by atoms with E-state index in [0.717, 1.165) is 62.3 Å². The number of benzene rings is 3. The maximum absolute atomic E-state index is 14.7. The van der Waals surface area contributed by atoms with E-state index in [1.165, 1.54) is 18.2 Å². The molecular formula is C33H34FN5O4. The van der Waals surface area contributed by atoms with Crippen LogP contribution < -0.4 is 20.1 Å². The van der Waals surface area contributed by atoms with Crippen LogP contribution >= 0.6 is 0 Å². The third kappa shape index (κ3) is 6.76. The van der Waals surface area contributed by atoms with Crippen molar-refractivity contribution in [2.24, 2.45) is 0 Å². The van der Waals surface area contributed by atoms with Crippen LogP contribution in [0.5, 0.6) is 11.5 Å². The SMILES string of the molecule is CCN1CCN(Cc2ccc3cc(C(=O)Nc4cc(NC(=O)c5ccc6c(c5)OCCCO6)ccc4F)ccc3n2)CC1. The van der Waals surface area contributed by atoms with E-state index in [4.69, 9.17) is 14.5 Å². The average Bonchev–Trinajstić information content (AvgIpc) is 3.28. The fraction of sp³-hybridized carbons (Fsp3) is 0.303. The lowest BCUT2D eigenvalue weighted by atomic mass is 10.1. The van der Waals surface area contributed by atoms with Gasteiger partial charge >= 0.3 is 0 Å². The number of carbonyl (C=O) groups excluding carboxylic acids is 2. The molecule has 0 radical (unpaired) electrons. The van der Waals surface area contributed by atoms with E-state index in [0.29, 0.717) is 41.5 Å². The molecule has 4 aromatic rings. The second-order valence-electron chi connectivity index (χ2n) is 10.7. The summed E-state index contributed by atoms with van der Waals surface area (Å²) in [6, 6.07) is 18.2. The Kier molecular flexibility index (Phi) is 8.48. The highest BCUT2D eigenvalue weighted by atomic mass is 19.1. The van der Waals surface area contributed by atoms with Gasteiger partial charge in [0.2, 0.25) is 0 Å². The standard InChI is InChI=1S/C33H34FN5O4/c1-2-38-12-14-39(15-13-38)21-26-7-4-22-18-23(5-10-28(22)35-26)33(41)37-29-20-25(8-9-27(29)34)36-32(40)24-6-11-30-31(19-24)43-17-3-16-42-30/h4-11,18-20H,2-3,12-17,21H2,1H3,(H,36,40)(H,37,41). The van der Waals surface area contributed by atoms with Crippen LogP contribution in [0.25, 0.3) is 10.9 Å². The predicted molar refractivity (Wildman–Crippen MR) is 163 cm³/mol. The fourth-order valence-corrected chi connectivity index (χ4v) is 5.29. The molecule has 0 atom stereocenters. The van der Waals surface area contributed by atoms with Gasteiger partial charge in [-0.1, -0.05) is 13.0 Å². The molecule has 43 heavy (non-hydrogen) atoms. The second kappa shape index (κ2) is 12.8. The molecule has 2 aliphatic rings. The fourth-order valence-electron chi connectivity index (χ4n) is 5.29. The molecule has 1 fully saturated rings. The predicted octanol–water partition coefficient (Wildman–Crippen LogP) is 5.18. The third-order valence-corrected chi connectivity index (χ3v) is 7.79. The number of nitrogens with zero attached hydrogens (tertiary/aromatic N) is 3. The molecule has 3 heterocycles. The van der Waals surface area contributed by atoms with Gasteiger partial charge in [0, 0.05) is 61.3 Å². The van der Waals surface area contributed by atoms with Crippen molar-refractivity contribution >= 4 is 34.1 Å². The summed E-state index contributed by atoms with van der Waals surface area (Å²) >= 11 is 0. The van der Waals surface area contributed by atoms with Crippen molar-refractivity contribution < 1.29 is 23.5 Å². The smallest absolute Gasteiger partial charge is 0.255 e. The van der Waals surface area contributed by atoms with Gasteiger partial charge in [-0.15, -0.1) is 0 Å². The molecule has 0 unspecified atom stereocenters. The summed E-state index contributed by atoms with van der Waals surface area (Å²) in [6.07, 6.45) is 0.758. The number of likely N-dealkylation sites (N-methyl/N-ethyl adjacent to an activating group) is 1. The monoisotopic (exact) mass is 583 g/mol. The number of anilines is 2. The van der Waals surface area contributed by atoms with Crippen LogP contribution in [0.15, 0.2) is 66.7 Å². The molecule has 3 aromatic carbocycles. The minimum atomic E-state index is -0.617. The zero-order valence-electron chi connectivity index (χ0n) is 24.1. The first kappa shape index (κ1) is 28.6. The van der Waals surface area contributed by atoms with Crippen molar-refractivity contribution in [2.45, 2.75) is 19.9 Å². The summed E-state index contributed by atoms with van der Waals surface area (Å²) in [5.74, 6) is -0.390. The van der Waals surface area contributed by atoms with E-state index < -0.39 is 17.6 Å². The van der Waals surface area contributed by atoms with Crippen molar-refractivity contribution in [1.82, 2.24) is 14.8 Å². The Bertz CT molecular complexity index is 1650. The Morgan fingerprint density at radius 2 is 1.53 bits per heavy atom. The maximum atomic E-state index is 14.7. The maximum Gasteiger partial charge on any atom is 0.255 e. The summed E-state index contributed by atoms with van der Waals surface area (Å²) in [5, 5.41) is 6.21. The normalized spacial score (nSPS) is 15.6. The van der Waals surface area contributed by atoms with Crippen molar-refractivity contribution in [3.05, 3.63) is 89.4 Å². The molecule has 10 heteroatoms. The zero-order chi connectivity index (χ0) is 29.8. The first-order chi connectivity index (χ1) is 20.9. The number of hydrogen-bond acceptors (Lipinski definition) is 7. The van der Waals surface area contributed by atoms with Crippen molar-refractivity contribution in [3.63, 3.8) is 0 Å². The van der Waals surface area contributed by atoms with E-state index in [1.54, 1.807) is 30.3 Å². The second-order valence-corrected chi connectivity index (χ2v) is 10.7. The van der Waals surface area contributed by atoms with E-state index in [-0.39, 0.29) is 5.69 Å². The summed E-state index contributed by atoms with van der Waals surface area (Å²) in [7, 11) is 0. The molecule has 0 saturated carbocycles. The molecule has 0 aliphatic carbocycles. The van der Waals surface area contributed by atoms with Crippen LogP contribution in [0, 0.1) is 5.82 Å². The van der Waals surface area contributed by atoms with Crippen molar-refractivity contribution in [3.8, 4) is 11.5 Å². The third-order valence-electron chi connectivity index (χ3n) is 7.79. The van der Waals surface area contributed by atoms with Gasteiger partial charge in [-0.05, 0) is 67.2 Å². The first-order valence-electron chi connectivity index (χ1n) is 14.6. The molecule has 1 aromatic heterocycles. The lowest BCUT2D eigenvalue weighted by molar-refractivity contribution is 0.101. The number of piperazine rings is 1. The summed E-state index contributed by atoms with van der Waals surface area (Å²) in [5.41, 5.74) is 2.82. The number of hydrogen-bond donors (Lipinski definition) is 2. The van der Waals surface area contributed by atoms with E-state index in [2.05, 4.69) is 27.4 Å². The topological polar surface area (TPSA) is 96.0 Å². The van der Waals surface area contributed by atoms with Crippen LogP contribution in [-0.4, -0.2) is 72.5 Å². The Morgan fingerprint density at radius 1 is 0.814 bits per heavy atom. The number of fused-ring (bicyclic) bond motifs is 2. The minimum absolute atomic E-state index is 0.0433. The van der Waals surface area contributed by atoms with E-state index >= 15 is 0 Å². The number of amides is 2. The van der Waals surface area contributed by atoms with Gasteiger partial charge in [0.25, 0.3) is 11.8 Å². The minimum Gasteiger partial charge on any atom is -0.490 e. The molecule has 2 N–H and O–H groups in total. The summed E-state index contributed by atoms with van der Waals surface area (Å²) in [4.78, 5) is 35.6. The van der Waals surface area contributed by atoms with Crippen LogP contribution in [-0.2, 0) is 6.54 Å². The van der Waals surface area contributed by atoms with Crippen LogP contribution in [0.2, 0.25) is 0 Å². The van der Waals surface area contributed by atoms with Gasteiger partial charge in [-0.2, -0.15) is 0 Å². The van der Waals surface area contributed by atoms with Crippen molar-refractivity contribution in [1.29, 1.82) is 0 Å². The quantitative estimate of drug-likeness (QED) is 0.310. The van der Waals surface area contributed by atoms with Gasteiger partial charge in [0.1, 0.15) is 5.82 Å².